The lowest BCUT2D eigenvalue weighted by Crippen LogP contribution is -2.31. The van der Waals surface area contributed by atoms with Crippen LogP contribution < -0.4 is 4.90 Å². The fourth-order valence-corrected chi connectivity index (χ4v) is 3.54. The molecule has 1 saturated heterocycles. The van der Waals surface area contributed by atoms with E-state index in [0.717, 1.165) is 24.9 Å². The average Bonchev–Trinajstić information content (AvgIpc) is 2.63. The van der Waals surface area contributed by atoms with Crippen LogP contribution in [0.25, 0.3) is 0 Å². The number of unbranched alkanes of at least 4 members (excludes halogenated alkanes) is 1. The van der Waals surface area contributed by atoms with Crippen molar-refractivity contribution in [3.05, 3.63) is 29.8 Å². The monoisotopic (exact) mass is 279 g/mol. The molecule has 1 aliphatic rings. The number of hydrogen-bond acceptors (Lipinski definition) is 3. The molecular formula is C14H17NOS2. The highest BCUT2D eigenvalue weighted by molar-refractivity contribution is 8.25. The van der Waals surface area contributed by atoms with E-state index in [0.29, 0.717) is 4.32 Å². The van der Waals surface area contributed by atoms with Crippen molar-refractivity contribution in [3.8, 4) is 0 Å². The molecule has 0 aliphatic carbocycles. The minimum absolute atomic E-state index is 0.0127. The van der Waals surface area contributed by atoms with Crippen molar-refractivity contribution in [3.63, 3.8) is 0 Å². The van der Waals surface area contributed by atoms with Crippen molar-refractivity contribution in [2.24, 2.45) is 0 Å². The molecule has 1 atom stereocenters. The van der Waals surface area contributed by atoms with E-state index < -0.39 is 0 Å². The smallest absolute Gasteiger partial charge is 0.246 e. The molecule has 1 aromatic carbocycles. The normalized spacial score (nSPS) is 19.7. The molecule has 1 aliphatic heterocycles. The average molecular weight is 279 g/mol. The SMILES string of the molecule is CCCCC1SC(=S)N(c2ccc(C)cc2)C1=O. The number of thiocarbonyl (C=S) groups is 1. The molecule has 0 saturated carbocycles. The van der Waals surface area contributed by atoms with Crippen LogP contribution in [0, 0.1) is 6.92 Å². The molecule has 0 spiro atoms. The van der Waals surface area contributed by atoms with Crippen molar-refractivity contribution in [2.45, 2.75) is 38.4 Å². The number of rotatable bonds is 4. The number of aryl methyl sites for hydroxylation is 1. The van der Waals surface area contributed by atoms with Gasteiger partial charge >= 0.3 is 0 Å². The largest absolute Gasteiger partial charge is 0.273 e. The van der Waals surface area contributed by atoms with Crippen LogP contribution >= 0.6 is 24.0 Å². The van der Waals surface area contributed by atoms with Gasteiger partial charge in [0.15, 0.2) is 0 Å². The Kier molecular flexibility index (Phi) is 4.40. The fourth-order valence-electron chi connectivity index (χ4n) is 1.96. The highest BCUT2D eigenvalue weighted by atomic mass is 32.2. The second-order valence-electron chi connectivity index (χ2n) is 4.52. The third-order valence-corrected chi connectivity index (χ3v) is 4.61. The zero-order valence-corrected chi connectivity index (χ0v) is 12.3. The molecule has 1 amide bonds. The van der Waals surface area contributed by atoms with Gasteiger partial charge in [-0.1, -0.05) is 61.4 Å². The Morgan fingerprint density at radius 3 is 2.61 bits per heavy atom. The minimum atomic E-state index is 0.0127. The molecule has 18 heavy (non-hydrogen) atoms. The van der Waals surface area contributed by atoms with Crippen LogP contribution in [0.15, 0.2) is 24.3 Å². The second kappa shape index (κ2) is 5.85. The quantitative estimate of drug-likeness (QED) is 0.779. The molecule has 2 rings (SSSR count). The number of hydrogen-bond donors (Lipinski definition) is 0. The van der Waals surface area contributed by atoms with Gasteiger partial charge in [0.2, 0.25) is 5.91 Å². The number of carbonyl (C=O) groups is 1. The Balaban J connectivity index is 2.16. The number of benzene rings is 1. The van der Waals surface area contributed by atoms with E-state index in [9.17, 15) is 4.79 Å². The third kappa shape index (κ3) is 2.75. The predicted molar refractivity (Wildman–Crippen MR) is 82.2 cm³/mol. The van der Waals surface area contributed by atoms with Crippen LogP contribution in [0.2, 0.25) is 0 Å². The van der Waals surface area contributed by atoms with Gasteiger partial charge in [-0.05, 0) is 25.5 Å². The first-order valence-electron chi connectivity index (χ1n) is 6.24. The summed E-state index contributed by atoms with van der Waals surface area (Å²) in [6, 6.07) is 7.94. The maximum Gasteiger partial charge on any atom is 0.246 e. The highest BCUT2D eigenvalue weighted by Gasteiger charge is 2.37. The minimum Gasteiger partial charge on any atom is -0.273 e. The van der Waals surface area contributed by atoms with E-state index in [2.05, 4.69) is 6.92 Å². The Labute approximate surface area is 118 Å². The lowest BCUT2D eigenvalue weighted by molar-refractivity contribution is -0.117. The topological polar surface area (TPSA) is 20.3 Å². The van der Waals surface area contributed by atoms with Gasteiger partial charge < -0.3 is 0 Å². The van der Waals surface area contributed by atoms with E-state index in [1.807, 2.05) is 31.2 Å². The first kappa shape index (κ1) is 13.6. The molecule has 1 unspecified atom stereocenters. The van der Waals surface area contributed by atoms with Crippen LogP contribution in [0.4, 0.5) is 5.69 Å². The summed E-state index contributed by atoms with van der Waals surface area (Å²) in [5.41, 5.74) is 2.08. The molecule has 96 valence electrons. The van der Waals surface area contributed by atoms with Crippen molar-refractivity contribution in [2.75, 3.05) is 4.90 Å². The standard InChI is InChI=1S/C14H17NOS2/c1-3-4-5-12-13(16)15(14(17)18-12)11-8-6-10(2)7-9-11/h6-9,12H,3-5H2,1-2H3. The van der Waals surface area contributed by atoms with Crippen molar-refractivity contribution < 1.29 is 4.79 Å². The number of anilines is 1. The van der Waals surface area contributed by atoms with Crippen LogP contribution in [-0.4, -0.2) is 15.5 Å². The van der Waals surface area contributed by atoms with Crippen LogP contribution in [0.5, 0.6) is 0 Å². The number of nitrogens with zero attached hydrogens (tertiary/aromatic N) is 1. The number of carbonyl (C=O) groups excluding carboxylic acids is 1. The van der Waals surface area contributed by atoms with Gasteiger partial charge in [0, 0.05) is 0 Å². The maximum atomic E-state index is 12.3. The summed E-state index contributed by atoms with van der Waals surface area (Å²) in [4.78, 5) is 14.0. The first-order valence-corrected chi connectivity index (χ1v) is 7.53. The van der Waals surface area contributed by atoms with Crippen molar-refractivity contribution >= 4 is 39.9 Å². The second-order valence-corrected chi connectivity index (χ2v) is 6.36. The summed E-state index contributed by atoms with van der Waals surface area (Å²) in [6.45, 7) is 4.17. The van der Waals surface area contributed by atoms with E-state index in [4.69, 9.17) is 12.2 Å². The zero-order chi connectivity index (χ0) is 13.1. The van der Waals surface area contributed by atoms with E-state index in [1.54, 1.807) is 4.90 Å². The molecule has 0 bridgehead atoms. The summed E-state index contributed by atoms with van der Waals surface area (Å²) in [7, 11) is 0. The first-order chi connectivity index (χ1) is 8.63. The lowest BCUT2D eigenvalue weighted by atomic mass is 10.1. The van der Waals surface area contributed by atoms with Gasteiger partial charge in [0.05, 0.1) is 10.9 Å². The molecule has 1 fully saturated rings. The summed E-state index contributed by atoms with van der Waals surface area (Å²) < 4.78 is 0.685. The Bertz CT molecular complexity index is 455. The number of amides is 1. The lowest BCUT2D eigenvalue weighted by Gasteiger charge is -2.15. The molecule has 1 aromatic rings. The molecule has 1 heterocycles. The summed E-state index contributed by atoms with van der Waals surface area (Å²) in [5, 5.41) is 0.0127. The highest BCUT2D eigenvalue weighted by Crippen LogP contribution is 2.34. The maximum absolute atomic E-state index is 12.3. The third-order valence-electron chi connectivity index (χ3n) is 3.03. The summed E-state index contributed by atoms with van der Waals surface area (Å²) in [5.74, 6) is 0.141. The summed E-state index contributed by atoms with van der Waals surface area (Å²) >= 11 is 6.86. The van der Waals surface area contributed by atoms with E-state index >= 15 is 0 Å². The van der Waals surface area contributed by atoms with Crippen LogP contribution in [0.1, 0.15) is 31.7 Å². The molecule has 0 radical (unpaired) electrons. The van der Waals surface area contributed by atoms with Gasteiger partial charge in [-0.3, -0.25) is 9.69 Å². The van der Waals surface area contributed by atoms with E-state index in [1.165, 1.54) is 17.3 Å². The van der Waals surface area contributed by atoms with Gasteiger partial charge in [-0.15, -0.1) is 0 Å². The van der Waals surface area contributed by atoms with Gasteiger partial charge in [0.1, 0.15) is 4.32 Å². The molecule has 0 N–H and O–H groups in total. The molecule has 0 aromatic heterocycles. The Hall–Kier alpha value is -0.870. The fraction of sp³-hybridized carbons (Fsp3) is 0.429. The molecule has 4 heteroatoms. The van der Waals surface area contributed by atoms with Crippen molar-refractivity contribution in [1.82, 2.24) is 0 Å². The van der Waals surface area contributed by atoms with Gasteiger partial charge in [-0.2, -0.15) is 0 Å². The van der Waals surface area contributed by atoms with Crippen LogP contribution in [-0.2, 0) is 4.79 Å². The van der Waals surface area contributed by atoms with Crippen LogP contribution in [0.3, 0.4) is 0 Å². The summed E-state index contributed by atoms with van der Waals surface area (Å²) in [6.07, 6.45) is 3.11. The van der Waals surface area contributed by atoms with Gasteiger partial charge in [-0.25, -0.2) is 0 Å². The zero-order valence-electron chi connectivity index (χ0n) is 10.7. The van der Waals surface area contributed by atoms with E-state index in [-0.39, 0.29) is 11.2 Å². The van der Waals surface area contributed by atoms with Gasteiger partial charge in [0.25, 0.3) is 0 Å². The molecule has 2 nitrogen and oxygen atoms in total. The Morgan fingerprint density at radius 1 is 1.33 bits per heavy atom. The van der Waals surface area contributed by atoms with Crippen molar-refractivity contribution in [1.29, 1.82) is 0 Å². The Morgan fingerprint density at radius 2 is 2.00 bits per heavy atom. The predicted octanol–water partition coefficient (Wildman–Crippen LogP) is 3.92. The molecular weight excluding hydrogens is 262 g/mol. The number of thioether (sulfide) groups is 1.